The third-order valence-corrected chi connectivity index (χ3v) is 0.744. The first-order chi connectivity index (χ1) is 5.29. The van der Waals surface area contributed by atoms with E-state index >= 15 is 0 Å². The summed E-state index contributed by atoms with van der Waals surface area (Å²) in [7, 11) is 0. The van der Waals surface area contributed by atoms with Crippen molar-refractivity contribution in [3.63, 3.8) is 0 Å². The van der Waals surface area contributed by atoms with Crippen molar-refractivity contribution in [3.8, 4) is 0 Å². The zero-order chi connectivity index (χ0) is 10.3. The van der Waals surface area contributed by atoms with E-state index in [2.05, 4.69) is 0 Å². The summed E-state index contributed by atoms with van der Waals surface area (Å²) in [5.74, 6) is -2.43. The molecule has 0 heterocycles. The molecule has 7 heteroatoms. The molecule has 0 unspecified atom stereocenters. The summed E-state index contributed by atoms with van der Waals surface area (Å²) in [4.78, 5) is 18.9. The van der Waals surface area contributed by atoms with Gasteiger partial charge in [-0.05, 0) is 13.8 Å². The monoisotopic (exact) mass is 216 g/mol. The Morgan fingerprint density at radius 1 is 1.00 bits per heavy atom. The molecular weight excluding hydrogens is 204 g/mol. The average molecular weight is 216 g/mol. The van der Waals surface area contributed by atoms with Gasteiger partial charge in [0.25, 0.3) is 0 Å². The van der Waals surface area contributed by atoms with Gasteiger partial charge in [0, 0.05) is 12.1 Å². The van der Waals surface area contributed by atoms with Crippen LogP contribution < -0.4 is 21.7 Å². The second kappa shape index (κ2) is 10.2. The van der Waals surface area contributed by atoms with Crippen LogP contribution in [0, 0.1) is 0 Å². The average Bonchev–Trinajstić information content (AvgIpc) is 1.88. The summed E-state index contributed by atoms with van der Waals surface area (Å²) in [6.07, 6.45) is 0. The Bertz CT molecular complexity index is 143. The fraction of sp³-hybridized carbons (Fsp3) is 0.667. The summed E-state index contributed by atoms with van der Waals surface area (Å²) >= 11 is 0. The first-order valence-electron chi connectivity index (χ1n) is 3.22. The summed E-state index contributed by atoms with van der Waals surface area (Å²) in [5.41, 5.74) is 9.55. The van der Waals surface area contributed by atoms with Crippen molar-refractivity contribution in [2.24, 2.45) is 11.5 Å². The van der Waals surface area contributed by atoms with Gasteiger partial charge in [-0.15, -0.1) is 0 Å². The molecule has 0 spiro atoms. The molecule has 6 nitrogen and oxygen atoms in total. The van der Waals surface area contributed by atoms with Crippen LogP contribution in [-0.4, -0.2) is 61.8 Å². The van der Waals surface area contributed by atoms with Gasteiger partial charge in [0.15, 0.2) is 0 Å². The molecule has 0 fully saturated rings. The summed E-state index contributed by atoms with van der Waals surface area (Å²) in [6.45, 7) is 2.71. The first-order valence-corrected chi connectivity index (χ1v) is 3.22. The quantitative estimate of drug-likeness (QED) is 0.449. The van der Waals surface area contributed by atoms with E-state index in [9.17, 15) is 19.8 Å². The van der Waals surface area contributed by atoms with E-state index < -0.39 is 24.0 Å². The molecule has 2 atom stereocenters. The number of carbonyl (C=O) groups is 2. The number of nitrogens with two attached hydrogens (primary N) is 2. The van der Waals surface area contributed by atoms with Crippen LogP contribution in [0.1, 0.15) is 13.8 Å². The minimum atomic E-state index is -1.21. The largest absolute Gasteiger partial charge is 2.00 e. The van der Waals surface area contributed by atoms with E-state index in [1.807, 2.05) is 0 Å². The van der Waals surface area contributed by atoms with Crippen molar-refractivity contribution >= 4 is 49.7 Å². The van der Waals surface area contributed by atoms with Gasteiger partial charge in [-0.25, -0.2) is 0 Å². The molecule has 0 radical (unpaired) electrons. The van der Waals surface area contributed by atoms with Crippen LogP contribution in [0.5, 0.6) is 0 Å². The predicted octanol–water partition coefficient (Wildman–Crippen LogP) is -4.21. The standard InChI is InChI=1S/2C3H7NO2.Ca/c2*1-2(4)3(5)6;/h2*2H,4H2,1H3,(H,5,6);/q;;+2/p-2/t2*2-;/m00./s1. The Balaban J connectivity index is -0.000000143. The number of hydrogen-bond acceptors (Lipinski definition) is 6. The van der Waals surface area contributed by atoms with Crippen molar-refractivity contribution in [1.82, 2.24) is 0 Å². The van der Waals surface area contributed by atoms with E-state index in [1.54, 1.807) is 0 Å². The van der Waals surface area contributed by atoms with Gasteiger partial charge in [0.05, 0.1) is 11.9 Å². The van der Waals surface area contributed by atoms with Gasteiger partial charge in [-0.2, -0.15) is 0 Å². The van der Waals surface area contributed by atoms with Crippen molar-refractivity contribution in [2.45, 2.75) is 25.9 Å². The van der Waals surface area contributed by atoms with Crippen LogP contribution in [0.3, 0.4) is 0 Å². The number of aliphatic carboxylic acids is 2. The van der Waals surface area contributed by atoms with Crippen LogP contribution in [-0.2, 0) is 9.59 Å². The van der Waals surface area contributed by atoms with Crippen LogP contribution in [0.4, 0.5) is 0 Å². The van der Waals surface area contributed by atoms with E-state index in [0.717, 1.165) is 0 Å². The van der Waals surface area contributed by atoms with Gasteiger partial charge in [0.1, 0.15) is 0 Å². The predicted molar refractivity (Wildman–Crippen MR) is 43.1 cm³/mol. The second-order valence-corrected chi connectivity index (χ2v) is 2.22. The maximum absolute atomic E-state index is 9.46. The molecular formula is C6H12CaN2O4. The summed E-state index contributed by atoms with van der Waals surface area (Å²) in [6, 6.07) is -1.69. The molecule has 0 aromatic rings. The zero-order valence-electron chi connectivity index (χ0n) is 7.65. The van der Waals surface area contributed by atoms with Gasteiger partial charge < -0.3 is 31.3 Å². The Kier molecular flexibility index (Phi) is 14.8. The molecule has 0 aliphatic rings. The molecule has 0 saturated carbocycles. The molecule has 0 aliphatic heterocycles. The van der Waals surface area contributed by atoms with E-state index in [0.29, 0.717) is 0 Å². The topological polar surface area (TPSA) is 132 Å². The summed E-state index contributed by atoms with van der Waals surface area (Å²) in [5, 5.41) is 18.9. The van der Waals surface area contributed by atoms with Gasteiger partial charge in [-0.1, -0.05) is 0 Å². The molecule has 0 saturated heterocycles. The molecule has 0 aromatic carbocycles. The fourth-order valence-electron chi connectivity index (χ4n) is 0. The third-order valence-electron chi connectivity index (χ3n) is 0.744. The van der Waals surface area contributed by atoms with Crippen LogP contribution >= 0.6 is 0 Å². The molecule has 0 rings (SSSR count). The number of rotatable bonds is 2. The Morgan fingerprint density at radius 2 is 1.08 bits per heavy atom. The molecule has 72 valence electrons. The van der Waals surface area contributed by atoms with Crippen LogP contribution in [0.2, 0.25) is 0 Å². The molecule has 0 aliphatic carbocycles. The van der Waals surface area contributed by atoms with Gasteiger partial charge >= 0.3 is 37.7 Å². The van der Waals surface area contributed by atoms with Crippen molar-refractivity contribution in [2.75, 3.05) is 0 Å². The SMILES string of the molecule is C[C@H](N)C(=O)[O-].C[C@H](N)C(=O)[O-].[Ca+2]. The maximum Gasteiger partial charge on any atom is 2.00 e. The molecule has 0 bridgehead atoms. The second-order valence-electron chi connectivity index (χ2n) is 2.22. The number of carboxylic acids is 2. The minimum Gasteiger partial charge on any atom is -0.548 e. The molecule has 13 heavy (non-hydrogen) atoms. The van der Waals surface area contributed by atoms with E-state index in [-0.39, 0.29) is 37.7 Å². The molecule has 4 N–H and O–H groups in total. The minimum absolute atomic E-state index is 0. The zero-order valence-corrected chi connectivity index (χ0v) is 9.86. The number of carboxylic acid groups (broad SMARTS) is 2. The van der Waals surface area contributed by atoms with E-state index in [1.165, 1.54) is 13.8 Å². The third kappa shape index (κ3) is 18.8. The number of hydrogen-bond donors (Lipinski definition) is 2. The molecule has 0 amide bonds. The normalized spacial score (nSPS) is 12.6. The van der Waals surface area contributed by atoms with Crippen LogP contribution in [0.25, 0.3) is 0 Å². The molecule has 0 aromatic heterocycles. The Hall–Kier alpha value is 0.120. The Morgan fingerprint density at radius 3 is 1.08 bits per heavy atom. The Labute approximate surface area is 106 Å². The van der Waals surface area contributed by atoms with Crippen molar-refractivity contribution in [3.05, 3.63) is 0 Å². The van der Waals surface area contributed by atoms with E-state index in [4.69, 9.17) is 11.5 Å². The van der Waals surface area contributed by atoms with Gasteiger partial charge in [0.2, 0.25) is 0 Å². The van der Waals surface area contributed by atoms with Crippen LogP contribution in [0.15, 0.2) is 0 Å². The van der Waals surface area contributed by atoms with Gasteiger partial charge in [-0.3, -0.25) is 0 Å². The number of carbonyl (C=O) groups excluding carboxylic acids is 2. The maximum atomic E-state index is 9.46. The smallest absolute Gasteiger partial charge is 0.548 e. The summed E-state index contributed by atoms with van der Waals surface area (Å²) < 4.78 is 0. The first kappa shape index (κ1) is 18.8. The van der Waals surface area contributed by atoms with Crippen molar-refractivity contribution in [1.29, 1.82) is 0 Å². The van der Waals surface area contributed by atoms with Crippen molar-refractivity contribution < 1.29 is 19.8 Å². The fourth-order valence-corrected chi connectivity index (χ4v) is 0.